The molecule has 1 atom stereocenters. The maximum absolute atomic E-state index is 13.2. The molecule has 2 aromatic rings. The summed E-state index contributed by atoms with van der Waals surface area (Å²) < 4.78 is 18.5. The van der Waals surface area contributed by atoms with Crippen LogP contribution in [0.25, 0.3) is 0 Å². The molecule has 2 aliphatic rings. The van der Waals surface area contributed by atoms with Crippen LogP contribution in [0.1, 0.15) is 26.5 Å². The van der Waals surface area contributed by atoms with Crippen molar-refractivity contribution in [3.63, 3.8) is 0 Å². The number of aryl methyl sites for hydroxylation is 1. The first-order valence-corrected chi connectivity index (χ1v) is 10.4. The summed E-state index contributed by atoms with van der Waals surface area (Å²) in [7, 11) is 0. The first-order valence-electron chi connectivity index (χ1n) is 9.26. The summed E-state index contributed by atoms with van der Waals surface area (Å²) in [6.07, 6.45) is 2.07. The van der Waals surface area contributed by atoms with E-state index in [4.69, 9.17) is 16.3 Å². The quantitative estimate of drug-likeness (QED) is 0.819. The predicted molar refractivity (Wildman–Crippen MR) is 107 cm³/mol. The molecule has 0 bridgehead atoms. The lowest BCUT2D eigenvalue weighted by molar-refractivity contribution is -0.120. The largest absolute Gasteiger partial charge is 0.378 e. The Labute approximate surface area is 171 Å². The number of rotatable bonds is 3. The molecule has 2 amide bonds. The Bertz CT molecular complexity index is 911. The highest BCUT2D eigenvalue weighted by Gasteiger charge is 2.29. The summed E-state index contributed by atoms with van der Waals surface area (Å²) >= 11 is 7.53. The summed E-state index contributed by atoms with van der Waals surface area (Å²) in [6, 6.07) is 5.84. The van der Waals surface area contributed by atoms with Crippen LogP contribution in [-0.4, -0.2) is 43.0 Å². The second-order valence-electron chi connectivity index (χ2n) is 7.02. The van der Waals surface area contributed by atoms with Crippen LogP contribution in [0.4, 0.5) is 10.1 Å². The summed E-state index contributed by atoms with van der Waals surface area (Å²) in [5, 5.41) is 2.98. The smallest absolute Gasteiger partial charge is 0.264 e. The molecule has 2 heterocycles. The number of amides is 2. The van der Waals surface area contributed by atoms with Gasteiger partial charge in [-0.25, -0.2) is 4.39 Å². The lowest BCUT2D eigenvalue weighted by Crippen LogP contribution is -2.40. The van der Waals surface area contributed by atoms with E-state index in [0.29, 0.717) is 44.8 Å². The molecule has 0 radical (unpaired) electrons. The molecule has 5 nitrogen and oxygen atoms in total. The Balaban J connectivity index is 1.43. The number of carbonyl (C=O) groups excluding carboxylic acids is 2. The number of benzene rings is 1. The minimum absolute atomic E-state index is 0.0433. The van der Waals surface area contributed by atoms with E-state index in [9.17, 15) is 14.0 Å². The Morgan fingerprint density at radius 3 is 2.79 bits per heavy atom. The van der Waals surface area contributed by atoms with Gasteiger partial charge < -0.3 is 15.0 Å². The molecule has 4 rings (SSSR count). The highest BCUT2D eigenvalue weighted by atomic mass is 35.5. The van der Waals surface area contributed by atoms with Gasteiger partial charge in [-0.15, -0.1) is 11.3 Å². The third kappa shape index (κ3) is 4.06. The van der Waals surface area contributed by atoms with Crippen LogP contribution in [0.2, 0.25) is 5.02 Å². The number of fused-ring (bicyclic) bond motifs is 1. The van der Waals surface area contributed by atoms with E-state index in [-0.39, 0.29) is 22.8 Å². The molecule has 1 fully saturated rings. The minimum atomic E-state index is -0.443. The van der Waals surface area contributed by atoms with Crippen molar-refractivity contribution in [2.45, 2.75) is 19.3 Å². The van der Waals surface area contributed by atoms with Gasteiger partial charge in [-0.1, -0.05) is 11.6 Å². The molecule has 28 heavy (non-hydrogen) atoms. The van der Waals surface area contributed by atoms with Crippen LogP contribution >= 0.6 is 22.9 Å². The van der Waals surface area contributed by atoms with Crippen LogP contribution in [0.5, 0.6) is 0 Å². The van der Waals surface area contributed by atoms with Crippen LogP contribution in [0, 0.1) is 11.7 Å². The van der Waals surface area contributed by atoms with Gasteiger partial charge >= 0.3 is 0 Å². The van der Waals surface area contributed by atoms with E-state index >= 15 is 0 Å². The summed E-state index contributed by atoms with van der Waals surface area (Å²) in [5.74, 6) is -0.733. The van der Waals surface area contributed by atoms with Crippen molar-refractivity contribution in [3.8, 4) is 0 Å². The van der Waals surface area contributed by atoms with Crippen LogP contribution in [0.3, 0.4) is 0 Å². The van der Waals surface area contributed by atoms with Gasteiger partial charge in [0, 0.05) is 23.9 Å². The second-order valence-corrected chi connectivity index (χ2v) is 8.56. The van der Waals surface area contributed by atoms with Crippen molar-refractivity contribution >= 4 is 40.4 Å². The first kappa shape index (κ1) is 19.4. The molecule has 1 N–H and O–H groups in total. The van der Waals surface area contributed by atoms with Crippen LogP contribution in [-0.2, 0) is 22.4 Å². The first-order chi connectivity index (χ1) is 13.5. The molecule has 0 unspecified atom stereocenters. The van der Waals surface area contributed by atoms with Gasteiger partial charge in [-0.2, -0.15) is 0 Å². The highest BCUT2D eigenvalue weighted by molar-refractivity contribution is 7.14. The van der Waals surface area contributed by atoms with Crippen molar-refractivity contribution in [1.82, 2.24) is 4.90 Å². The molecule has 8 heteroatoms. The maximum Gasteiger partial charge on any atom is 0.264 e. The van der Waals surface area contributed by atoms with Crippen molar-refractivity contribution in [1.29, 1.82) is 0 Å². The molecule has 0 saturated carbocycles. The van der Waals surface area contributed by atoms with E-state index < -0.39 is 5.82 Å². The summed E-state index contributed by atoms with van der Waals surface area (Å²) in [4.78, 5) is 29.1. The van der Waals surface area contributed by atoms with Gasteiger partial charge in [0.15, 0.2) is 0 Å². The van der Waals surface area contributed by atoms with Gasteiger partial charge in [0.1, 0.15) is 5.82 Å². The molecular weight excluding hydrogens is 403 g/mol. The van der Waals surface area contributed by atoms with E-state index in [1.807, 2.05) is 11.0 Å². The Hall–Kier alpha value is -1.96. The predicted octanol–water partition coefficient (Wildman–Crippen LogP) is 3.76. The Kier molecular flexibility index (Phi) is 5.66. The van der Waals surface area contributed by atoms with Crippen LogP contribution < -0.4 is 5.32 Å². The van der Waals surface area contributed by atoms with Gasteiger partial charge in [-0.05, 0) is 49.1 Å². The number of thiophene rings is 1. The van der Waals surface area contributed by atoms with Gasteiger partial charge in [-0.3, -0.25) is 9.59 Å². The Morgan fingerprint density at radius 2 is 2.04 bits per heavy atom. The van der Waals surface area contributed by atoms with Crippen LogP contribution in [0.15, 0.2) is 24.3 Å². The number of hydrogen-bond acceptors (Lipinski definition) is 4. The molecule has 1 aromatic heterocycles. The van der Waals surface area contributed by atoms with Gasteiger partial charge in [0.05, 0.1) is 28.8 Å². The van der Waals surface area contributed by atoms with Crippen molar-refractivity contribution in [2.24, 2.45) is 5.92 Å². The average Bonchev–Trinajstić information content (AvgIpc) is 3.13. The Morgan fingerprint density at radius 1 is 1.25 bits per heavy atom. The zero-order valence-electron chi connectivity index (χ0n) is 15.2. The fraction of sp³-hybridized carbons (Fsp3) is 0.400. The molecule has 0 spiro atoms. The van der Waals surface area contributed by atoms with Crippen molar-refractivity contribution < 1.29 is 18.7 Å². The van der Waals surface area contributed by atoms with E-state index in [1.54, 1.807) is 0 Å². The number of halogens is 2. The maximum atomic E-state index is 13.2. The molecule has 148 valence electrons. The number of nitrogens with zero attached hydrogens (tertiary/aromatic N) is 1. The number of nitrogens with one attached hydrogen (secondary N) is 1. The second kappa shape index (κ2) is 8.19. The standard InChI is InChI=1S/C20H20ClFN2O3S/c21-15-11-14(22)2-3-16(15)23-19(25)12-1-4-17-13(9-12)10-18(28-17)20(26)24-5-7-27-8-6-24/h2-3,10-12H,1,4-9H2,(H,23,25)/t12-/m1/s1. The number of ether oxygens (including phenoxy) is 1. The lowest BCUT2D eigenvalue weighted by atomic mass is 9.87. The molecule has 1 aliphatic heterocycles. The topological polar surface area (TPSA) is 58.6 Å². The number of anilines is 1. The molecular formula is C20H20ClFN2O3S. The normalized spacial score (nSPS) is 19.2. The fourth-order valence-electron chi connectivity index (χ4n) is 3.60. The molecule has 1 aromatic carbocycles. The van der Waals surface area contributed by atoms with Gasteiger partial charge in [0.2, 0.25) is 5.91 Å². The van der Waals surface area contributed by atoms with Crippen molar-refractivity contribution in [2.75, 3.05) is 31.6 Å². The molecule has 1 aliphatic carbocycles. The number of hydrogen-bond donors (Lipinski definition) is 1. The third-order valence-corrected chi connectivity index (χ3v) is 6.69. The monoisotopic (exact) mass is 422 g/mol. The zero-order valence-corrected chi connectivity index (χ0v) is 16.7. The SMILES string of the molecule is O=C(Nc1ccc(F)cc1Cl)[C@@H]1CCc2sc(C(=O)N3CCOCC3)cc2C1. The van der Waals surface area contributed by atoms with E-state index in [1.165, 1.54) is 34.4 Å². The number of carbonyl (C=O) groups is 2. The van der Waals surface area contributed by atoms with Crippen molar-refractivity contribution in [3.05, 3.63) is 50.4 Å². The van der Waals surface area contributed by atoms with Gasteiger partial charge in [0.25, 0.3) is 5.91 Å². The summed E-state index contributed by atoms with van der Waals surface area (Å²) in [6.45, 7) is 2.38. The highest BCUT2D eigenvalue weighted by Crippen LogP contribution is 2.34. The average molecular weight is 423 g/mol. The minimum Gasteiger partial charge on any atom is -0.378 e. The number of morpholine rings is 1. The zero-order chi connectivity index (χ0) is 19.7. The van der Waals surface area contributed by atoms with E-state index in [2.05, 4.69) is 5.32 Å². The third-order valence-electron chi connectivity index (χ3n) is 5.15. The summed E-state index contributed by atoms with van der Waals surface area (Å²) in [5.41, 5.74) is 1.48. The molecule has 1 saturated heterocycles. The fourth-order valence-corrected chi connectivity index (χ4v) is 4.99. The van der Waals surface area contributed by atoms with E-state index in [0.717, 1.165) is 16.9 Å². The lowest BCUT2D eigenvalue weighted by Gasteiger charge is -2.26.